The molecule has 0 unspecified atom stereocenters. The first-order valence-corrected chi connectivity index (χ1v) is 11.3. The molecule has 0 saturated carbocycles. The van der Waals surface area contributed by atoms with Crippen LogP contribution < -0.4 is 4.74 Å². The van der Waals surface area contributed by atoms with E-state index in [-0.39, 0.29) is 17.2 Å². The fourth-order valence-electron chi connectivity index (χ4n) is 4.03. The maximum Gasteiger partial charge on any atom is 0.236 e. The maximum atomic E-state index is 13.2. The van der Waals surface area contributed by atoms with E-state index in [1.54, 1.807) is 7.11 Å². The smallest absolute Gasteiger partial charge is 0.236 e. The summed E-state index contributed by atoms with van der Waals surface area (Å²) in [6.07, 6.45) is 3.36. The molecule has 1 aromatic carbocycles. The highest BCUT2D eigenvalue weighted by Gasteiger charge is 2.33. The molecule has 1 aromatic heterocycles. The molecule has 0 N–H and O–H groups in total. The molecule has 1 saturated heterocycles. The highest BCUT2D eigenvalue weighted by Crippen LogP contribution is 2.33. The molecule has 1 amide bonds. The summed E-state index contributed by atoms with van der Waals surface area (Å²) >= 11 is 1.50. The van der Waals surface area contributed by atoms with Gasteiger partial charge in [-0.25, -0.2) is 0 Å². The molecule has 0 bridgehead atoms. The van der Waals surface area contributed by atoms with Gasteiger partial charge in [-0.15, -0.1) is 10.2 Å². The summed E-state index contributed by atoms with van der Waals surface area (Å²) in [4.78, 5) is 15.3. The number of aromatic nitrogens is 3. The molecule has 1 aliphatic rings. The van der Waals surface area contributed by atoms with Crippen molar-refractivity contribution in [2.45, 2.75) is 82.4 Å². The number of hydrogen-bond donors (Lipinski definition) is 0. The molecule has 0 radical (unpaired) electrons. The normalized spacial score (nSPS) is 20.7. The van der Waals surface area contributed by atoms with Crippen molar-refractivity contribution in [3.63, 3.8) is 0 Å². The monoisotopic (exact) mass is 416 g/mol. The lowest BCUT2D eigenvalue weighted by atomic mass is 9.97. The fraction of sp³-hybridized carbons (Fsp3) is 0.591. The van der Waals surface area contributed by atoms with Crippen molar-refractivity contribution in [2.75, 3.05) is 7.11 Å². The van der Waals surface area contributed by atoms with Gasteiger partial charge in [-0.1, -0.05) is 11.8 Å². The summed E-state index contributed by atoms with van der Waals surface area (Å²) in [6, 6.07) is 8.60. The quantitative estimate of drug-likeness (QED) is 0.633. The number of piperidine rings is 1. The van der Waals surface area contributed by atoms with Crippen molar-refractivity contribution in [3.8, 4) is 17.1 Å². The van der Waals surface area contributed by atoms with Gasteiger partial charge in [0, 0.05) is 23.7 Å². The van der Waals surface area contributed by atoms with Crippen LogP contribution in [0.5, 0.6) is 5.75 Å². The second kappa shape index (κ2) is 9.20. The number of benzene rings is 1. The first-order chi connectivity index (χ1) is 13.8. The fourth-order valence-corrected chi connectivity index (χ4v) is 5.07. The average molecular weight is 417 g/mol. The summed E-state index contributed by atoms with van der Waals surface area (Å²) in [5.74, 6) is 1.81. The van der Waals surface area contributed by atoms with Gasteiger partial charge < -0.3 is 9.64 Å². The lowest BCUT2D eigenvalue weighted by molar-refractivity contribution is -0.136. The van der Waals surface area contributed by atoms with Crippen molar-refractivity contribution >= 4 is 17.7 Å². The van der Waals surface area contributed by atoms with Crippen molar-refractivity contribution in [1.82, 2.24) is 19.7 Å². The van der Waals surface area contributed by atoms with E-state index in [0.717, 1.165) is 35.1 Å². The summed E-state index contributed by atoms with van der Waals surface area (Å²) in [5.41, 5.74) is 0.983. The standard InChI is InChI=1S/C22H32N4O2S/c1-14(2)25-20(18-10-12-19(28-6)13-11-18)23-24-22(25)29-17(5)21(27)26-15(3)8-7-9-16(26)4/h10-17H,7-9H2,1-6H3/t15-,16-,17-/m1/s1. The van der Waals surface area contributed by atoms with Crippen LogP contribution in [0, 0.1) is 0 Å². The summed E-state index contributed by atoms with van der Waals surface area (Å²) in [7, 11) is 1.66. The Balaban J connectivity index is 1.83. The van der Waals surface area contributed by atoms with Crippen molar-refractivity contribution in [2.24, 2.45) is 0 Å². The number of ether oxygens (including phenoxy) is 1. The van der Waals surface area contributed by atoms with Crippen LogP contribution in [-0.4, -0.2) is 50.0 Å². The van der Waals surface area contributed by atoms with Crippen LogP contribution in [-0.2, 0) is 4.79 Å². The van der Waals surface area contributed by atoms with Gasteiger partial charge in [0.1, 0.15) is 5.75 Å². The lowest BCUT2D eigenvalue weighted by Gasteiger charge is -2.40. The summed E-state index contributed by atoms with van der Waals surface area (Å²) in [5, 5.41) is 9.46. The van der Waals surface area contributed by atoms with Gasteiger partial charge >= 0.3 is 0 Å². The molecule has 2 aromatic rings. The van der Waals surface area contributed by atoms with E-state index >= 15 is 0 Å². The van der Waals surface area contributed by atoms with Crippen LogP contribution in [0.4, 0.5) is 0 Å². The number of nitrogens with zero attached hydrogens (tertiary/aromatic N) is 4. The molecular formula is C22H32N4O2S. The maximum absolute atomic E-state index is 13.2. The predicted molar refractivity (Wildman–Crippen MR) is 117 cm³/mol. The molecule has 3 atom stereocenters. The van der Waals surface area contributed by atoms with E-state index in [2.05, 4.69) is 47.4 Å². The number of carbonyl (C=O) groups excluding carboxylic acids is 1. The number of amides is 1. The predicted octanol–water partition coefficient (Wildman–Crippen LogP) is 4.80. The number of methoxy groups -OCH3 is 1. The zero-order valence-corrected chi connectivity index (χ0v) is 19.1. The Hall–Kier alpha value is -2.02. The molecular weight excluding hydrogens is 384 g/mol. The largest absolute Gasteiger partial charge is 0.497 e. The molecule has 158 valence electrons. The van der Waals surface area contributed by atoms with Crippen LogP contribution in [0.2, 0.25) is 0 Å². The number of hydrogen-bond acceptors (Lipinski definition) is 5. The molecule has 0 spiro atoms. The molecule has 29 heavy (non-hydrogen) atoms. The molecule has 6 nitrogen and oxygen atoms in total. The SMILES string of the molecule is COc1ccc(-c2nnc(S[C@H](C)C(=O)N3[C@H](C)CCC[C@H]3C)n2C(C)C)cc1. The van der Waals surface area contributed by atoms with Gasteiger partial charge in [-0.3, -0.25) is 9.36 Å². The molecule has 3 rings (SSSR count). The van der Waals surface area contributed by atoms with Crippen molar-refractivity contribution in [3.05, 3.63) is 24.3 Å². The van der Waals surface area contributed by atoms with E-state index in [9.17, 15) is 4.79 Å². The van der Waals surface area contributed by atoms with Crippen molar-refractivity contribution in [1.29, 1.82) is 0 Å². The van der Waals surface area contributed by atoms with E-state index in [1.165, 1.54) is 18.2 Å². The van der Waals surface area contributed by atoms with Gasteiger partial charge in [-0.05, 0) is 78.1 Å². The zero-order chi connectivity index (χ0) is 21.1. The van der Waals surface area contributed by atoms with Gasteiger partial charge in [0.05, 0.1) is 12.4 Å². The lowest BCUT2D eigenvalue weighted by Crippen LogP contribution is -2.50. The molecule has 7 heteroatoms. The van der Waals surface area contributed by atoms with Gasteiger partial charge in [0.25, 0.3) is 0 Å². The highest BCUT2D eigenvalue weighted by molar-refractivity contribution is 8.00. The number of likely N-dealkylation sites (tertiary alicyclic amines) is 1. The third kappa shape index (κ3) is 4.60. The van der Waals surface area contributed by atoms with Crippen LogP contribution in [0.3, 0.4) is 0 Å². The second-order valence-corrected chi connectivity index (χ2v) is 9.44. The Morgan fingerprint density at radius 3 is 2.28 bits per heavy atom. The summed E-state index contributed by atoms with van der Waals surface area (Å²) in [6.45, 7) is 10.5. The first kappa shape index (κ1) is 21.7. The molecule has 0 aliphatic carbocycles. The minimum absolute atomic E-state index is 0.180. The average Bonchev–Trinajstić information content (AvgIpc) is 3.11. The van der Waals surface area contributed by atoms with Crippen LogP contribution >= 0.6 is 11.8 Å². The van der Waals surface area contributed by atoms with E-state index in [4.69, 9.17) is 4.74 Å². The van der Waals surface area contributed by atoms with Crippen molar-refractivity contribution < 1.29 is 9.53 Å². The number of rotatable bonds is 6. The van der Waals surface area contributed by atoms with E-state index in [1.807, 2.05) is 31.2 Å². The topological polar surface area (TPSA) is 60.3 Å². The first-order valence-electron chi connectivity index (χ1n) is 10.4. The minimum atomic E-state index is -0.205. The van der Waals surface area contributed by atoms with Crippen LogP contribution in [0.15, 0.2) is 29.4 Å². The van der Waals surface area contributed by atoms with Gasteiger partial charge in [-0.2, -0.15) is 0 Å². The number of thioether (sulfide) groups is 1. The number of carbonyl (C=O) groups is 1. The van der Waals surface area contributed by atoms with Crippen LogP contribution in [0.25, 0.3) is 11.4 Å². The van der Waals surface area contributed by atoms with E-state index in [0.29, 0.717) is 12.1 Å². The Morgan fingerprint density at radius 2 is 1.72 bits per heavy atom. The zero-order valence-electron chi connectivity index (χ0n) is 18.3. The molecule has 1 aliphatic heterocycles. The third-order valence-electron chi connectivity index (χ3n) is 5.61. The van der Waals surface area contributed by atoms with E-state index < -0.39 is 0 Å². The van der Waals surface area contributed by atoms with Crippen LogP contribution in [0.1, 0.15) is 59.9 Å². The minimum Gasteiger partial charge on any atom is -0.497 e. The Bertz CT molecular complexity index is 824. The Kier molecular flexibility index (Phi) is 6.88. The second-order valence-electron chi connectivity index (χ2n) is 8.13. The Labute approximate surface area is 178 Å². The molecule has 1 fully saturated rings. The molecule has 2 heterocycles. The Morgan fingerprint density at radius 1 is 1.10 bits per heavy atom. The van der Waals surface area contributed by atoms with Gasteiger partial charge in [0.15, 0.2) is 11.0 Å². The third-order valence-corrected chi connectivity index (χ3v) is 6.65. The summed E-state index contributed by atoms with van der Waals surface area (Å²) < 4.78 is 7.36. The highest BCUT2D eigenvalue weighted by atomic mass is 32.2. The van der Waals surface area contributed by atoms with Gasteiger partial charge in [0.2, 0.25) is 5.91 Å².